The smallest absolute Gasteiger partial charge is 0.186 e. The third-order valence-electron chi connectivity index (χ3n) is 2.94. The highest BCUT2D eigenvalue weighted by atomic mass is 79.9. The molecule has 0 radical (unpaired) electrons. The first-order chi connectivity index (χ1) is 10.6. The van der Waals surface area contributed by atoms with Crippen molar-refractivity contribution in [2.45, 2.75) is 26.2 Å². The van der Waals surface area contributed by atoms with Crippen LogP contribution >= 0.6 is 28.1 Å². The second-order valence-electron chi connectivity index (χ2n) is 4.56. The fraction of sp³-hybridized carbons (Fsp3) is 0.467. The van der Waals surface area contributed by atoms with Gasteiger partial charge in [-0.05, 0) is 46.7 Å². The van der Waals surface area contributed by atoms with Gasteiger partial charge in [0.05, 0.1) is 20.4 Å². The Labute approximate surface area is 145 Å². The molecule has 122 valence electrons. The maximum absolute atomic E-state index is 5.27. The molecule has 0 spiro atoms. The van der Waals surface area contributed by atoms with Gasteiger partial charge in [-0.2, -0.15) is 5.10 Å². The normalized spacial score (nSPS) is 10.5. The minimum absolute atomic E-state index is 0.518. The molecule has 5 nitrogen and oxygen atoms in total. The maximum Gasteiger partial charge on any atom is 0.186 e. The van der Waals surface area contributed by atoms with E-state index in [-0.39, 0.29) is 0 Å². The highest BCUT2D eigenvalue weighted by Gasteiger charge is 2.08. The summed E-state index contributed by atoms with van der Waals surface area (Å²) in [5.74, 6) is 1.31. The van der Waals surface area contributed by atoms with Crippen LogP contribution in [0.25, 0.3) is 0 Å². The molecule has 0 aromatic heterocycles. The SMILES string of the molecule is CCCCCNC(=S)N/N=C\c1cc(OC)c(OC)cc1Br. The molecular weight excluding hydrogens is 366 g/mol. The van der Waals surface area contributed by atoms with Crippen LogP contribution in [-0.2, 0) is 0 Å². The molecule has 7 heteroatoms. The fourth-order valence-corrected chi connectivity index (χ4v) is 2.33. The van der Waals surface area contributed by atoms with Crippen molar-refractivity contribution in [2.75, 3.05) is 20.8 Å². The third kappa shape index (κ3) is 6.19. The zero-order chi connectivity index (χ0) is 16.4. The Morgan fingerprint density at radius 3 is 2.59 bits per heavy atom. The Morgan fingerprint density at radius 2 is 1.95 bits per heavy atom. The molecule has 0 saturated carbocycles. The monoisotopic (exact) mass is 387 g/mol. The third-order valence-corrected chi connectivity index (χ3v) is 3.86. The van der Waals surface area contributed by atoms with Gasteiger partial charge in [-0.25, -0.2) is 0 Å². The Kier molecular flexibility index (Phi) is 8.84. The zero-order valence-electron chi connectivity index (χ0n) is 13.1. The largest absolute Gasteiger partial charge is 0.493 e. The lowest BCUT2D eigenvalue weighted by Gasteiger charge is -2.10. The van der Waals surface area contributed by atoms with E-state index in [1.54, 1.807) is 20.4 Å². The van der Waals surface area contributed by atoms with Gasteiger partial charge in [-0.1, -0.05) is 19.8 Å². The molecule has 0 bridgehead atoms. The number of methoxy groups -OCH3 is 2. The highest BCUT2D eigenvalue weighted by molar-refractivity contribution is 9.10. The molecule has 22 heavy (non-hydrogen) atoms. The average Bonchev–Trinajstić information content (AvgIpc) is 2.52. The van der Waals surface area contributed by atoms with Gasteiger partial charge in [0, 0.05) is 16.6 Å². The lowest BCUT2D eigenvalue weighted by Crippen LogP contribution is -2.32. The van der Waals surface area contributed by atoms with Gasteiger partial charge in [0.1, 0.15) is 0 Å². The van der Waals surface area contributed by atoms with Crippen molar-refractivity contribution in [2.24, 2.45) is 5.10 Å². The van der Waals surface area contributed by atoms with E-state index in [9.17, 15) is 0 Å². The van der Waals surface area contributed by atoms with Crippen molar-refractivity contribution < 1.29 is 9.47 Å². The first-order valence-corrected chi connectivity index (χ1v) is 8.30. The van der Waals surface area contributed by atoms with Crippen LogP contribution < -0.4 is 20.2 Å². The summed E-state index contributed by atoms with van der Waals surface area (Å²) < 4.78 is 11.4. The number of ether oxygens (including phenoxy) is 2. The van der Waals surface area contributed by atoms with Gasteiger partial charge in [-0.3, -0.25) is 5.43 Å². The zero-order valence-corrected chi connectivity index (χ0v) is 15.5. The van der Waals surface area contributed by atoms with Crippen LogP contribution in [0.4, 0.5) is 0 Å². The number of hydrogen-bond donors (Lipinski definition) is 2. The second kappa shape index (κ2) is 10.4. The van der Waals surface area contributed by atoms with Crippen molar-refractivity contribution in [3.63, 3.8) is 0 Å². The molecule has 0 fully saturated rings. The summed E-state index contributed by atoms with van der Waals surface area (Å²) in [4.78, 5) is 0. The summed E-state index contributed by atoms with van der Waals surface area (Å²) in [6.45, 7) is 3.02. The number of hydrogen-bond acceptors (Lipinski definition) is 4. The molecule has 0 aliphatic rings. The predicted molar refractivity (Wildman–Crippen MR) is 98.1 cm³/mol. The van der Waals surface area contributed by atoms with E-state index in [2.05, 4.69) is 38.7 Å². The number of hydrazone groups is 1. The maximum atomic E-state index is 5.27. The van der Waals surface area contributed by atoms with Crippen molar-refractivity contribution in [3.05, 3.63) is 22.2 Å². The van der Waals surface area contributed by atoms with Gasteiger partial charge in [0.15, 0.2) is 16.6 Å². The summed E-state index contributed by atoms with van der Waals surface area (Å²) >= 11 is 8.62. The topological polar surface area (TPSA) is 54.9 Å². The Hall–Kier alpha value is -1.34. The quantitative estimate of drug-likeness (QED) is 0.309. The number of unbranched alkanes of at least 4 members (excludes halogenated alkanes) is 2. The molecule has 1 aromatic rings. The molecule has 0 aliphatic heterocycles. The summed E-state index contributed by atoms with van der Waals surface area (Å²) in [7, 11) is 3.20. The van der Waals surface area contributed by atoms with Crippen LogP contribution in [0.2, 0.25) is 0 Å². The van der Waals surface area contributed by atoms with Crippen LogP contribution in [0, 0.1) is 0 Å². The number of benzene rings is 1. The lowest BCUT2D eigenvalue weighted by molar-refractivity contribution is 0.354. The van der Waals surface area contributed by atoms with Gasteiger partial charge < -0.3 is 14.8 Å². The van der Waals surface area contributed by atoms with E-state index in [1.807, 2.05) is 12.1 Å². The lowest BCUT2D eigenvalue weighted by atomic mass is 10.2. The highest BCUT2D eigenvalue weighted by Crippen LogP contribution is 2.32. The summed E-state index contributed by atoms with van der Waals surface area (Å²) in [5, 5.41) is 7.75. The molecule has 0 aliphatic carbocycles. The van der Waals surface area contributed by atoms with Crippen molar-refractivity contribution in [3.8, 4) is 11.5 Å². The van der Waals surface area contributed by atoms with Gasteiger partial charge >= 0.3 is 0 Å². The van der Waals surface area contributed by atoms with E-state index in [0.29, 0.717) is 16.6 Å². The molecule has 0 unspecified atom stereocenters. The van der Waals surface area contributed by atoms with Crippen LogP contribution in [0.3, 0.4) is 0 Å². The number of nitrogens with one attached hydrogen (secondary N) is 2. The molecule has 0 heterocycles. The average molecular weight is 388 g/mol. The van der Waals surface area contributed by atoms with Gasteiger partial charge in [0.2, 0.25) is 0 Å². The van der Waals surface area contributed by atoms with E-state index in [4.69, 9.17) is 21.7 Å². The minimum Gasteiger partial charge on any atom is -0.493 e. The molecular formula is C15H22BrN3O2S. The molecule has 2 N–H and O–H groups in total. The van der Waals surface area contributed by atoms with Crippen LogP contribution in [0.15, 0.2) is 21.7 Å². The first kappa shape index (κ1) is 18.7. The minimum atomic E-state index is 0.518. The Balaban J connectivity index is 2.57. The van der Waals surface area contributed by atoms with Crippen molar-refractivity contribution in [1.82, 2.24) is 10.7 Å². The van der Waals surface area contributed by atoms with Gasteiger partial charge in [0.25, 0.3) is 0 Å². The van der Waals surface area contributed by atoms with E-state index in [1.165, 1.54) is 12.8 Å². The van der Waals surface area contributed by atoms with E-state index < -0.39 is 0 Å². The number of halogens is 1. The first-order valence-electron chi connectivity index (χ1n) is 7.10. The number of rotatable bonds is 8. The van der Waals surface area contributed by atoms with Crippen molar-refractivity contribution in [1.29, 1.82) is 0 Å². The summed E-state index contributed by atoms with van der Waals surface area (Å²) in [6, 6.07) is 3.67. The molecule has 0 amide bonds. The second-order valence-corrected chi connectivity index (χ2v) is 5.82. The summed E-state index contributed by atoms with van der Waals surface area (Å²) in [5.41, 5.74) is 3.66. The summed E-state index contributed by atoms with van der Waals surface area (Å²) in [6.07, 6.45) is 5.15. The van der Waals surface area contributed by atoms with Crippen molar-refractivity contribution >= 4 is 39.5 Å². The van der Waals surface area contributed by atoms with Crippen LogP contribution in [0.1, 0.15) is 31.7 Å². The number of nitrogens with zero attached hydrogens (tertiary/aromatic N) is 1. The molecule has 1 rings (SSSR count). The van der Waals surface area contributed by atoms with Crippen LogP contribution in [0.5, 0.6) is 11.5 Å². The predicted octanol–water partition coefficient (Wildman–Crippen LogP) is 3.45. The molecule has 0 atom stereocenters. The standard InChI is InChI=1S/C15H22BrN3O2S/c1-4-5-6-7-17-15(22)19-18-10-11-8-13(20-2)14(21-3)9-12(11)16/h8-10H,4-7H2,1-3H3,(H2,17,19,22)/b18-10-. The Bertz CT molecular complexity index is 524. The molecule has 0 saturated heterocycles. The Morgan fingerprint density at radius 1 is 1.27 bits per heavy atom. The van der Waals surface area contributed by atoms with Crippen LogP contribution in [-0.4, -0.2) is 32.1 Å². The van der Waals surface area contributed by atoms with Gasteiger partial charge in [-0.15, -0.1) is 0 Å². The number of thiocarbonyl (C=S) groups is 1. The van der Waals surface area contributed by atoms with E-state index >= 15 is 0 Å². The fourth-order valence-electron chi connectivity index (χ4n) is 1.75. The molecule has 1 aromatic carbocycles. The van der Waals surface area contributed by atoms with E-state index in [0.717, 1.165) is 23.0 Å².